The molecule has 5 nitrogen and oxygen atoms in total. The SMILES string of the molecule is CC(C)(C)[S@](=O)N[C@@H](Cc1nc(Br)cc([Si](C)(C)C)c1F)c1ccccc1-c1noc2ccc(F)cc12. The predicted octanol–water partition coefficient (Wildman–Crippen LogP) is 6.81. The summed E-state index contributed by atoms with van der Waals surface area (Å²) in [5, 5.41) is 5.42. The second kappa shape index (κ2) is 10.5. The molecule has 0 saturated carbocycles. The lowest BCUT2D eigenvalue weighted by atomic mass is 9.94. The lowest BCUT2D eigenvalue weighted by Crippen LogP contribution is -2.41. The summed E-state index contributed by atoms with van der Waals surface area (Å²) in [6.07, 6.45) is 0.145. The molecule has 2 heterocycles. The summed E-state index contributed by atoms with van der Waals surface area (Å²) in [4.78, 5) is 4.48. The number of nitrogens with one attached hydrogen (secondary N) is 1. The van der Waals surface area contributed by atoms with Crippen LogP contribution in [0.4, 0.5) is 8.78 Å². The van der Waals surface area contributed by atoms with Crippen LogP contribution in [0.3, 0.4) is 0 Å². The van der Waals surface area contributed by atoms with E-state index in [2.05, 4.69) is 50.4 Å². The number of fused-ring (bicyclic) bond motifs is 1. The van der Waals surface area contributed by atoms with Gasteiger partial charge in [-0.1, -0.05) is 49.1 Å². The first-order valence-corrected chi connectivity index (χ1v) is 17.4. The Morgan fingerprint density at radius 1 is 1.11 bits per heavy atom. The van der Waals surface area contributed by atoms with Crippen molar-refractivity contribution in [3.05, 3.63) is 76.0 Å². The number of nitrogens with zero attached hydrogens (tertiary/aromatic N) is 2. The fourth-order valence-corrected chi connectivity index (χ4v) is 6.91. The quantitative estimate of drug-likeness (QED) is 0.185. The second-order valence-corrected chi connectivity index (χ2v) is 18.9. The number of rotatable bonds is 7. The predicted molar refractivity (Wildman–Crippen MR) is 152 cm³/mol. The normalized spacial score (nSPS) is 14.2. The Labute approximate surface area is 227 Å². The van der Waals surface area contributed by atoms with Gasteiger partial charge in [0.2, 0.25) is 0 Å². The lowest BCUT2D eigenvalue weighted by molar-refractivity contribution is 0.459. The summed E-state index contributed by atoms with van der Waals surface area (Å²) in [6, 6.07) is 12.8. The second-order valence-electron chi connectivity index (χ2n) is 11.0. The summed E-state index contributed by atoms with van der Waals surface area (Å²) in [5.74, 6) is -0.737. The molecule has 0 unspecified atom stereocenters. The maximum Gasteiger partial charge on any atom is 0.167 e. The highest BCUT2D eigenvalue weighted by Gasteiger charge is 2.30. The number of benzene rings is 2. The fraction of sp³-hybridized carbons (Fsp3) is 0.333. The average molecular weight is 607 g/mol. The lowest BCUT2D eigenvalue weighted by Gasteiger charge is -2.27. The minimum atomic E-state index is -2.01. The maximum atomic E-state index is 15.8. The van der Waals surface area contributed by atoms with Crippen LogP contribution in [0.1, 0.15) is 38.1 Å². The monoisotopic (exact) mass is 605 g/mol. The van der Waals surface area contributed by atoms with Gasteiger partial charge in [0.25, 0.3) is 0 Å². The molecule has 0 radical (unpaired) electrons. The van der Waals surface area contributed by atoms with Gasteiger partial charge in [-0.2, -0.15) is 0 Å². The Kier molecular flexibility index (Phi) is 7.86. The molecule has 0 spiro atoms. The van der Waals surface area contributed by atoms with Gasteiger partial charge in [-0.15, -0.1) is 0 Å². The van der Waals surface area contributed by atoms with Crippen molar-refractivity contribution < 1.29 is 17.5 Å². The highest BCUT2D eigenvalue weighted by Crippen LogP contribution is 2.35. The van der Waals surface area contributed by atoms with E-state index in [1.807, 2.05) is 45.0 Å². The van der Waals surface area contributed by atoms with Crippen LogP contribution < -0.4 is 9.91 Å². The van der Waals surface area contributed by atoms with E-state index >= 15 is 4.39 Å². The number of aromatic nitrogens is 2. The number of pyridine rings is 1. The van der Waals surface area contributed by atoms with E-state index in [0.717, 1.165) is 5.56 Å². The highest BCUT2D eigenvalue weighted by atomic mass is 79.9. The largest absolute Gasteiger partial charge is 0.356 e. The van der Waals surface area contributed by atoms with Crippen LogP contribution in [-0.2, 0) is 17.4 Å². The van der Waals surface area contributed by atoms with Crippen LogP contribution in [0, 0.1) is 11.6 Å². The van der Waals surface area contributed by atoms with Crippen molar-refractivity contribution in [1.82, 2.24) is 14.9 Å². The molecule has 0 aliphatic heterocycles. The van der Waals surface area contributed by atoms with Crippen molar-refractivity contribution in [1.29, 1.82) is 0 Å². The third-order valence-electron chi connectivity index (χ3n) is 6.03. The van der Waals surface area contributed by atoms with Gasteiger partial charge < -0.3 is 4.52 Å². The fourth-order valence-electron chi connectivity index (χ4n) is 4.07. The summed E-state index contributed by atoms with van der Waals surface area (Å²) in [5.41, 5.74) is 2.60. The first-order chi connectivity index (χ1) is 17.3. The zero-order valence-corrected chi connectivity index (χ0v) is 25.1. The molecule has 1 N–H and O–H groups in total. The first-order valence-electron chi connectivity index (χ1n) is 11.9. The molecule has 2 aromatic carbocycles. The molecule has 0 aliphatic carbocycles. The van der Waals surface area contributed by atoms with E-state index in [9.17, 15) is 8.60 Å². The van der Waals surface area contributed by atoms with Gasteiger partial charge in [-0.25, -0.2) is 22.7 Å². The van der Waals surface area contributed by atoms with Gasteiger partial charge in [-0.3, -0.25) is 0 Å². The van der Waals surface area contributed by atoms with E-state index in [-0.39, 0.29) is 17.9 Å². The van der Waals surface area contributed by atoms with Crippen molar-refractivity contribution in [2.75, 3.05) is 0 Å². The zero-order chi connectivity index (χ0) is 27.1. The van der Waals surface area contributed by atoms with E-state index in [4.69, 9.17) is 4.52 Å². The first kappa shape index (κ1) is 27.8. The number of hydrogen-bond donors (Lipinski definition) is 1. The maximum absolute atomic E-state index is 15.8. The molecule has 2 atom stereocenters. The molecular formula is C27H30BrF2N3O2SSi. The molecule has 0 aliphatic rings. The van der Waals surface area contributed by atoms with E-state index in [1.54, 1.807) is 6.07 Å². The van der Waals surface area contributed by atoms with Crippen LogP contribution in [0.15, 0.2) is 57.7 Å². The van der Waals surface area contributed by atoms with Crippen molar-refractivity contribution in [2.24, 2.45) is 0 Å². The molecule has 10 heteroatoms. The van der Waals surface area contributed by atoms with Crippen molar-refractivity contribution in [3.63, 3.8) is 0 Å². The van der Waals surface area contributed by atoms with Crippen LogP contribution in [0.25, 0.3) is 22.2 Å². The standard InChI is InChI=1S/C27H30BrF2N3O2SSi/c1-27(2,3)36(34)33-20(14-21-25(30)23(37(4,5)6)15-24(28)31-21)17-9-7-8-10-18(17)26-19-13-16(29)11-12-22(19)35-32-26/h7-13,15,20,33H,14H2,1-6H3/t20-,36-/m0/s1. The van der Waals surface area contributed by atoms with Gasteiger partial charge in [-0.05, 0) is 71.7 Å². The third kappa shape index (κ3) is 6.08. The Morgan fingerprint density at radius 3 is 2.49 bits per heavy atom. The minimum Gasteiger partial charge on any atom is -0.356 e. The topological polar surface area (TPSA) is 68.0 Å². The Bertz CT molecular complexity index is 1480. The summed E-state index contributed by atoms with van der Waals surface area (Å²) < 4.78 is 51.8. The zero-order valence-electron chi connectivity index (χ0n) is 21.7. The Morgan fingerprint density at radius 2 is 1.81 bits per heavy atom. The van der Waals surface area contributed by atoms with Gasteiger partial charge >= 0.3 is 0 Å². The smallest absolute Gasteiger partial charge is 0.167 e. The average Bonchev–Trinajstić information content (AvgIpc) is 3.22. The molecule has 0 saturated heterocycles. The van der Waals surface area contributed by atoms with Gasteiger partial charge in [0.15, 0.2) is 5.58 Å². The Balaban J connectivity index is 1.87. The van der Waals surface area contributed by atoms with Crippen LogP contribution in [0.2, 0.25) is 19.6 Å². The molecule has 196 valence electrons. The minimum absolute atomic E-state index is 0.145. The molecular weight excluding hydrogens is 576 g/mol. The molecule has 4 aromatic rings. The van der Waals surface area contributed by atoms with E-state index in [0.29, 0.717) is 32.0 Å². The molecule has 37 heavy (non-hydrogen) atoms. The molecule has 0 amide bonds. The third-order valence-corrected chi connectivity index (χ3v) is 10.0. The number of hydrogen-bond acceptors (Lipinski definition) is 4. The van der Waals surface area contributed by atoms with Crippen LogP contribution in [-0.4, -0.2) is 27.2 Å². The van der Waals surface area contributed by atoms with Crippen LogP contribution >= 0.6 is 15.9 Å². The Hall–Kier alpha value is -2.27. The van der Waals surface area contributed by atoms with Gasteiger partial charge in [0.1, 0.15) is 21.9 Å². The van der Waals surface area contributed by atoms with Crippen molar-refractivity contribution >= 4 is 51.1 Å². The summed E-state index contributed by atoms with van der Waals surface area (Å²) in [7, 11) is -3.48. The molecule has 2 aromatic heterocycles. The molecule has 0 bridgehead atoms. The van der Waals surface area contributed by atoms with Gasteiger partial charge in [0, 0.05) is 12.0 Å². The number of halogens is 3. The molecule has 0 fully saturated rings. The van der Waals surface area contributed by atoms with Crippen molar-refractivity contribution in [3.8, 4) is 11.3 Å². The molecule has 4 rings (SSSR count). The highest BCUT2D eigenvalue weighted by molar-refractivity contribution is 9.10. The van der Waals surface area contributed by atoms with E-state index in [1.165, 1.54) is 18.2 Å². The summed E-state index contributed by atoms with van der Waals surface area (Å²) >= 11 is 3.45. The van der Waals surface area contributed by atoms with Crippen LogP contribution in [0.5, 0.6) is 0 Å². The van der Waals surface area contributed by atoms with E-state index < -0.39 is 35.7 Å². The van der Waals surface area contributed by atoms with Crippen molar-refractivity contribution in [2.45, 2.75) is 57.6 Å². The van der Waals surface area contributed by atoms with Gasteiger partial charge in [0.05, 0.1) is 40.9 Å². The summed E-state index contributed by atoms with van der Waals surface area (Å²) in [6.45, 7) is 11.8.